The summed E-state index contributed by atoms with van der Waals surface area (Å²) >= 11 is 2.29. The molecule has 1 aromatic carbocycles. The van der Waals surface area contributed by atoms with Crippen LogP contribution in [0.25, 0.3) is 0 Å². The van der Waals surface area contributed by atoms with Crippen molar-refractivity contribution in [3.63, 3.8) is 0 Å². The lowest BCUT2D eigenvalue weighted by Crippen LogP contribution is -2.39. The van der Waals surface area contributed by atoms with Gasteiger partial charge in [-0.05, 0) is 59.4 Å². The maximum atomic E-state index is 13.2. The number of Topliss-reactive ketones (excluding diaryl/α,β-unsaturated/α-hetero) is 1. The quantitative estimate of drug-likeness (QED) is 0.347. The normalized spacial score (nSPS) is 21.3. The number of carbonyl (C=O) groups is 2. The van der Waals surface area contributed by atoms with E-state index < -0.39 is 0 Å². The minimum Gasteiger partial charge on any atom is -0.462 e. The van der Waals surface area contributed by atoms with E-state index in [2.05, 4.69) is 48.7 Å². The van der Waals surface area contributed by atoms with Gasteiger partial charge in [-0.15, -0.1) is 0 Å². The van der Waals surface area contributed by atoms with Gasteiger partial charge in [0.05, 0.1) is 12.2 Å². The van der Waals surface area contributed by atoms with E-state index in [-0.39, 0.29) is 23.1 Å². The molecule has 1 aliphatic heterocycles. The Morgan fingerprint density at radius 1 is 1.29 bits per heavy atom. The number of hydrogen-bond donors (Lipinski definition) is 1. The highest BCUT2D eigenvalue weighted by Crippen LogP contribution is 2.47. The summed E-state index contributed by atoms with van der Waals surface area (Å²) in [5.41, 5.74) is 3.94. The van der Waals surface area contributed by atoms with E-state index in [1.54, 1.807) is 0 Å². The molecule has 1 aromatic rings. The number of allylic oxidation sites excluding steroid dienone is 3. The smallest absolute Gasteiger partial charge is 0.336 e. The standard InChI is InChI=1S/C23H28INO3/c1-5-6-11-28-22(27)19-14(2)25-17-12-23(3,4)13-18(26)21(17)20(19)15-9-7-8-10-16(15)24/h7-10,20,25H,5-6,11-13H2,1-4H3. The van der Waals surface area contributed by atoms with Crippen LogP contribution in [0.1, 0.15) is 64.9 Å². The van der Waals surface area contributed by atoms with Gasteiger partial charge in [-0.2, -0.15) is 0 Å². The Balaban J connectivity index is 2.11. The number of halogens is 1. The van der Waals surface area contributed by atoms with Crippen LogP contribution in [0, 0.1) is 8.99 Å². The number of ketones is 1. The van der Waals surface area contributed by atoms with E-state index in [1.165, 1.54) is 0 Å². The molecule has 1 atom stereocenters. The van der Waals surface area contributed by atoms with Crippen LogP contribution < -0.4 is 5.32 Å². The molecule has 0 fully saturated rings. The first kappa shape index (κ1) is 21.1. The molecule has 0 amide bonds. The predicted octanol–water partition coefficient (Wildman–Crippen LogP) is 5.24. The molecular formula is C23H28INO3. The van der Waals surface area contributed by atoms with Crippen LogP contribution in [0.4, 0.5) is 0 Å². The number of nitrogens with one attached hydrogen (secondary N) is 1. The van der Waals surface area contributed by atoms with Crippen molar-refractivity contribution < 1.29 is 14.3 Å². The zero-order valence-electron chi connectivity index (χ0n) is 17.0. The van der Waals surface area contributed by atoms with Crippen molar-refractivity contribution in [1.82, 2.24) is 5.32 Å². The van der Waals surface area contributed by atoms with Gasteiger partial charge in [0.2, 0.25) is 0 Å². The molecule has 0 saturated carbocycles. The number of esters is 1. The highest BCUT2D eigenvalue weighted by molar-refractivity contribution is 14.1. The van der Waals surface area contributed by atoms with E-state index in [0.717, 1.165) is 45.4 Å². The fraction of sp³-hybridized carbons (Fsp3) is 0.478. The maximum Gasteiger partial charge on any atom is 0.336 e. The van der Waals surface area contributed by atoms with Crippen LogP contribution in [-0.2, 0) is 14.3 Å². The van der Waals surface area contributed by atoms with Crippen LogP contribution in [0.3, 0.4) is 0 Å². The van der Waals surface area contributed by atoms with Gasteiger partial charge in [-0.1, -0.05) is 45.4 Å². The lowest BCUT2D eigenvalue weighted by atomic mass is 9.68. The molecule has 3 rings (SSSR count). The zero-order valence-corrected chi connectivity index (χ0v) is 19.2. The van der Waals surface area contributed by atoms with Crippen LogP contribution in [0.5, 0.6) is 0 Å². The molecule has 0 aromatic heterocycles. The third kappa shape index (κ3) is 4.19. The average molecular weight is 493 g/mol. The summed E-state index contributed by atoms with van der Waals surface area (Å²) in [7, 11) is 0. The van der Waals surface area contributed by atoms with Gasteiger partial charge >= 0.3 is 5.97 Å². The summed E-state index contributed by atoms with van der Waals surface area (Å²) in [6, 6.07) is 7.97. The Hall–Kier alpha value is -1.63. The highest BCUT2D eigenvalue weighted by atomic mass is 127. The van der Waals surface area contributed by atoms with Crippen molar-refractivity contribution in [3.05, 3.63) is 55.9 Å². The number of dihydropyridines is 1. The number of unbranched alkanes of at least 4 members (excludes halogenated alkanes) is 1. The van der Waals surface area contributed by atoms with Crippen molar-refractivity contribution >= 4 is 34.3 Å². The third-order valence-corrected chi connectivity index (χ3v) is 6.39. The molecule has 1 N–H and O–H groups in total. The molecule has 4 nitrogen and oxygen atoms in total. The molecule has 1 heterocycles. The second-order valence-electron chi connectivity index (χ2n) is 8.44. The Kier molecular flexibility index (Phi) is 6.32. The van der Waals surface area contributed by atoms with E-state index in [0.29, 0.717) is 18.6 Å². The zero-order chi connectivity index (χ0) is 20.5. The molecule has 0 radical (unpaired) electrons. The van der Waals surface area contributed by atoms with Crippen molar-refractivity contribution in [3.8, 4) is 0 Å². The van der Waals surface area contributed by atoms with E-state index in [4.69, 9.17) is 4.74 Å². The summed E-state index contributed by atoms with van der Waals surface area (Å²) in [6.45, 7) is 8.61. The first-order valence-electron chi connectivity index (χ1n) is 9.90. The number of benzene rings is 1. The van der Waals surface area contributed by atoms with E-state index in [1.807, 2.05) is 31.2 Å². The molecule has 1 unspecified atom stereocenters. The fourth-order valence-electron chi connectivity index (χ4n) is 4.11. The molecule has 0 bridgehead atoms. The predicted molar refractivity (Wildman–Crippen MR) is 119 cm³/mol. The van der Waals surface area contributed by atoms with Gasteiger partial charge < -0.3 is 10.1 Å². The Labute approximate surface area is 180 Å². The second-order valence-corrected chi connectivity index (χ2v) is 9.60. The number of rotatable bonds is 5. The second kappa shape index (κ2) is 8.39. The summed E-state index contributed by atoms with van der Waals surface area (Å²) in [6.07, 6.45) is 3.08. The first-order chi connectivity index (χ1) is 13.2. The number of hydrogen-bond acceptors (Lipinski definition) is 4. The largest absolute Gasteiger partial charge is 0.462 e. The monoisotopic (exact) mass is 493 g/mol. The van der Waals surface area contributed by atoms with Crippen LogP contribution in [0.15, 0.2) is 46.8 Å². The highest BCUT2D eigenvalue weighted by Gasteiger charge is 2.43. The van der Waals surface area contributed by atoms with Gasteiger partial charge in [0.15, 0.2) is 5.78 Å². The molecule has 0 spiro atoms. The molecule has 2 aliphatic rings. The van der Waals surface area contributed by atoms with Gasteiger partial charge in [0.25, 0.3) is 0 Å². The number of carbonyl (C=O) groups excluding carboxylic acids is 2. The summed E-state index contributed by atoms with van der Waals surface area (Å²) in [5.74, 6) is -0.580. The Morgan fingerprint density at radius 3 is 2.68 bits per heavy atom. The van der Waals surface area contributed by atoms with Gasteiger partial charge in [0.1, 0.15) is 0 Å². The lowest BCUT2D eigenvalue weighted by Gasteiger charge is -2.39. The van der Waals surface area contributed by atoms with Crippen LogP contribution in [0.2, 0.25) is 0 Å². The van der Waals surface area contributed by atoms with E-state index >= 15 is 0 Å². The summed E-state index contributed by atoms with van der Waals surface area (Å²) in [4.78, 5) is 26.2. The average Bonchev–Trinajstić information content (AvgIpc) is 2.60. The van der Waals surface area contributed by atoms with Crippen molar-refractivity contribution in [2.75, 3.05) is 6.61 Å². The van der Waals surface area contributed by atoms with Gasteiger partial charge in [0, 0.05) is 32.9 Å². The molecule has 1 aliphatic carbocycles. The minimum absolute atomic E-state index is 0.0866. The molecule has 150 valence electrons. The van der Waals surface area contributed by atoms with Crippen LogP contribution >= 0.6 is 22.6 Å². The minimum atomic E-state index is -0.373. The molecule has 0 saturated heterocycles. The third-order valence-electron chi connectivity index (χ3n) is 5.41. The molecule has 28 heavy (non-hydrogen) atoms. The number of ether oxygens (including phenoxy) is 1. The van der Waals surface area contributed by atoms with Crippen LogP contribution in [-0.4, -0.2) is 18.4 Å². The fourth-order valence-corrected chi connectivity index (χ4v) is 4.81. The van der Waals surface area contributed by atoms with Crippen molar-refractivity contribution in [2.45, 2.75) is 59.3 Å². The Bertz CT molecular complexity index is 866. The summed E-state index contributed by atoms with van der Waals surface area (Å²) < 4.78 is 6.61. The molecule has 5 heteroatoms. The van der Waals surface area contributed by atoms with Gasteiger partial charge in [-0.3, -0.25) is 4.79 Å². The maximum absolute atomic E-state index is 13.2. The molecular weight excluding hydrogens is 465 g/mol. The van der Waals surface area contributed by atoms with Crippen molar-refractivity contribution in [2.24, 2.45) is 5.41 Å². The van der Waals surface area contributed by atoms with Crippen molar-refractivity contribution in [1.29, 1.82) is 0 Å². The first-order valence-corrected chi connectivity index (χ1v) is 11.0. The topological polar surface area (TPSA) is 55.4 Å². The Morgan fingerprint density at radius 2 is 2.00 bits per heavy atom. The summed E-state index contributed by atoms with van der Waals surface area (Å²) in [5, 5.41) is 3.38. The SMILES string of the molecule is CCCCOC(=O)C1=C(C)NC2=C(C(=O)CC(C)(C)C2)C1c1ccccc1I. The van der Waals surface area contributed by atoms with E-state index in [9.17, 15) is 9.59 Å². The lowest BCUT2D eigenvalue weighted by molar-refractivity contribution is -0.139. The van der Waals surface area contributed by atoms with Gasteiger partial charge in [-0.25, -0.2) is 4.79 Å².